The Morgan fingerprint density at radius 2 is 1.95 bits per heavy atom. The van der Waals surface area contributed by atoms with Gasteiger partial charge in [0, 0.05) is 5.39 Å². The standard InChI is InChI=1S/C15H15ClN4O/c16-9-14-18-13-10-17-12-4-2-1-3-11(12)15(13)20(14)19-5-7-21-8-6-19/h1-4,10H,5-9H2. The Kier molecular flexibility index (Phi) is 3.16. The van der Waals surface area contributed by atoms with Crippen molar-refractivity contribution < 1.29 is 4.74 Å². The molecule has 0 spiro atoms. The fourth-order valence-electron chi connectivity index (χ4n) is 2.88. The van der Waals surface area contributed by atoms with E-state index in [1.54, 1.807) is 0 Å². The second kappa shape index (κ2) is 5.16. The van der Waals surface area contributed by atoms with Crippen LogP contribution in [-0.2, 0) is 10.6 Å². The third kappa shape index (κ3) is 2.04. The number of aromatic nitrogens is 3. The van der Waals surface area contributed by atoms with Crippen molar-refractivity contribution in [1.82, 2.24) is 14.6 Å². The number of benzene rings is 1. The van der Waals surface area contributed by atoms with Gasteiger partial charge in [-0.25, -0.2) is 9.66 Å². The minimum absolute atomic E-state index is 0.375. The first-order valence-corrected chi connectivity index (χ1v) is 7.56. The van der Waals surface area contributed by atoms with E-state index in [0.717, 1.165) is 54.1 Å². The molecule has 1 fully saturated rings. The Bertz CT molecular complexity index is 795. The van der Waals surface area contributed by atoms with Crippen molar-refractivity contribution in [3.05, 3.63) is 36.3 Å². The lowest BCUT2D eigenvalue weighted by atomic mass is 10.2. The van der Waals surface area contributed by atoms with Crippen molar-refractivity contribution in [3.8, 4) is 0 Å². The number of para-hydroxylation sites is 1. The Morgan fingerprint density at radius 1 is 1.14 bits per heavy atom. The number of hydrogen-bond acceptors (Lipinski definition) is 4. The lowest BCUT2D eigenvalue weighted by Gasteiger charge is -2.31. The zero-order chi connectivity index (χ0) is 14.2. The van der Waals surface area contributed by atoms with Gasteiger partial charge in [0.15, 0.2) is 0 Å². The third-order valence-electron chi connectivity index (χ3n) is 3.82. The predicted molar refractivity (Wildman–Crippen MR) is 83.4 cm³/mol. The van der Waals surface area contributed by atoms with Gasteiger partial charge in [-0.05, 0) is 6.07 Å². The van der Waals surface area contributed by atoms with E-state index in [1.807, 2.05) is 24.4 Å². The van der Waals surface area contributed by atoms with E-state index in [-0.39, 0.29) is 0 Å². The van der Waals surface area contributed by atoms with Crippen molar-refractivity contribution in [2.24, 2.45) is 0 Å². The van der Waals surface area contributed by atoms with E-state index >= 15 is 0 Å². The molecule has 0 radical (unpaired) electrons. The van der Waals surface area contributed by atoms with Gasteiger partial charge >= 0.3 is 0 Å². The monoisotopic (exact) mass is 302 g/mol. The molecule has 1 saturated heterocycles. The largest absolute Gasteiger partial charge is 0.378 e. The summed E-state index contributed by atoms with van der Waals surface area (Å²) < 4.78 is 7.60. The first-order valence-electron chi connectivity index (χ1n) is 7.02. The van der Waals surface area contributed by atoms with Gasteiger partial charge in [-0.1, -0.05) is 18.2 Å². The molecular formula is C15H15ClN4O. The van der Waals surface area contributed by atoms with E-state index in [2.05, 4.69) is 25.7 Å². The maximum Gasteiger partial charge on any atom is 0.143 e. The second-order valence-electron chi connectivity index (χ2n) is 5.05. The summed E-state index contributed by atoms with van der Waals surface area (Å²) in [6, 6.07) is 8.13. The normalized spacial score (nSPS) is 16.0. The number of fused-ring (bicyclic) bond motifs is 3. The molecule has 1 aliphatic heterocycles. The highest BCUT2D eigenvalue weighted by Gasteiger charge is 2.20. The molecule has 21 heavy (non-hydrogen) atoms. The van der Waals surface area contributed by atoms with Gasteiger partial charge in [-0.3, -0.25) is 4.98 Å². The molecule has 4 rings (SSSR count). The molecule has 1 aromatic carbocycles. The average Bonchev–Trinajstić information content (AvgIpc) is 2.94. The summed E-state index contributed by atoms with van der Waals surface area (Å²) in [5.74, 6) is 1.23. The van der Waals surface area contributed by atoms with Crippen LogP contribution in [0.3, 0.4) is 0 Å². The molecule has 108 valence electrons. The number of rotatable bonds is 2. The quantitative estimate of drug-likeness (QED) is 0.681. The highest BCUT2D eigenvalue weighted by Crippen LogP contribution is 2.25. The number of hydrogen-bond donors (Lipinski definition) is 0. The van der Waals surface area contributed by atoms with Crippen LogP contribution in [0.15, 0.2) is 30.5 Å². The molecule has 5 nitrogen and oxygen atoms in total. The van der Waals surface area contributed by atoms with E-state index in [1.165, 1.54) is 0 Å². The van der Waals surface area contributed by atoms with Crippen molar-refractivity contribution in [1.29, 1.82) is 0 Å². The first-order chi connectivity index (χ1) is 10.4. The molecule has 1 aliphatic rings. The summed E-state index contributed by atoms with van der Waals surface area (Å²) >= 11 is 6.11. The number of ether oxygens (including phenoxy) is 1. The van der Waals surface area contributed by atoms with Crippen LogP contribution in [-0.4, -0.2) is 40.9 Å². The SMILES string of the molecule is ClCc1nc2cnc3ccccc3c2n1N1CCOCC1. The summed E-state index contributed by atoms with van der Waals surface area (Å²) in [6.45, 7) is 3.13. The molecule has 0 unspecified atom stereocenters. The van der Waals surface area contributed by atoms with Crippen LogP contribution in [0.2, 0.25) is 0 Å². The van der Waals surface area contributed by atoms with Gasteiger partial charge in [0.25, 0.3) is 0 Å². The summed E-state index contributed by atoms with van der Waals surface area (Å²) in [4.78, 5) is 9.12. The lowest BCUT2D eigenvalue weighted by Crippen LogP contribution is -2.44. The van der Waals surface area contributed by atoms with Crippen molar-refractivity contribution in [3.63, 3.8) is 0 Å². The van der Waals surface area contributed by atoms with Crippen LogP contribution >= 0.6 is 11.6 Å². The Balaban J connectivity index is 2.03. The van der Waals surface area contributed by atoms with Crippen LogP contribution in [0, 0.1) is 0 Å². The average molecular weight is 303 g/mol. The summed E-state index contributed by atoms with van der Waals surface area (Å²) in [5.41, 5.74) is 2.94. The van der Waals surface area contributed by atoms with Crippen LogP contribution in [0.4, 0.5) is 0 Å². The molecule has 0 aliphatic carbocycles. The molecule has 0 bridgehead atoms. The lowest BCUT2D eigenvalue weighted by molar-refractivity contribution is 0.111. The highest BCUT2D eigenvalue weighted by molar-refractivity contribution is 6.17. The summed E-state index contributed by atoms with van der Waals surface area (Å²) in [5, 5.41) is 3.36. The topological polar surface area (TPSA) is 43.2 Å². The molecular weight excluding hydrogens is 288 g/mol. The molecule has 0 saturated carbocycles. The van der Waals surface area contributed by atoms with Crippen LogP contribution in [0.25, 0.3) is 21.9 Å². The second-order valence-corrected chi connectivity index (χ2v) is 5.32. The minimum atomic E-state index is 0.375. The molecule has 0 amide bonds. The number of nitrogens with zero attached hydrogens (tertiary/aromatic N) is 4. The van der Waals surface area contributed by atoms with E-state index in [9.17, 15) is 0 Å². The van der Waals surface area contributed by atoms with Crippen molar-refractivity contribution in [2.45, 2.75) is 5.88 Å². The van der Waals surface area contributed by atoms with E-state index in [0.29, 0.717) is 5.88 Å². The first kappa shape index (κ1) is 12.9. The third-order valence-corrected chi connectivity index (χ3v) is 4.06. The van der Waals surface area contributed by atoms with E-state index < -0.39 is 0 Å². The molecule has 3 aromatic rings. The molecule has 0 atom stereocenters. The van der Waals surface area contributed by atoms with Crippen molar-refractivity contribution in [2.75, 3.05) is 31.3 Å². The molecule has 3 heterocycles. The van der Waals surface area contributed by atoms with Crippen LogP contribution < -0.4 is 5.01 Å². The van der Waals surface area contributed by atoms with Gasteiger partial charge in [0.05, 0.1) is 43.9 Å². The molecule has 6 heteroatoms. The van der Waals surface area contributed by atoms with E-state index in [4.69, 9.17) is 16.3 Å². The van der Waals surface area contributed by atoms with Crippen LogP contribution in [0.5, 0.6) is 0 Å². The van der Waals surface area contributed by atoms with Gasteiger partial charge < -0.3 is 9.75 Å². The van der Waals surface area contributed by atoms with Crippen molar-refractivity contribution >= 4 is 33.5 Å². The number of alkyl halides is 1. The summed E-state index contributed by atoms with van der Waals surface area (Å²) in [7, 11) is 0. The fourth-order valence-corrected chi connectivity index (χ4v) is 3.05. The molecule has 2 aromatic heterocycles. The smallest absolute Gasteiger partial charge is 0.143 e. The van der Waals surface area contributed by atoms with Gasteiger partial charge in [-0.2, -0.15) is 0 Å². The summed E-state index contributed by atoms with van der Waals surface area (Å²) in [6.07, 6.45) is 1.82. The number of imidazole rings is 1. The number of pyridine rings is 1. The van der Waals surface area contributed by atoms with Gasteiger partial charge in [-0.15, -0.1) is 11.6 Å². The Morgan fingerprint density at radius 3 is 2.76 bits per heavy atom. The van der Waals surface area contributed by atoms with Gasteiger partial charge in [0.2, 0.25) is 0 Å². The van der Waals surface area contributed by atoms with Gasteiger partial charge in [0.1, 0.15) is 16.9 Å². The maximum absolute atomic E-state index is 6.11. The minimum Gasteiger partial charge on any atom is -0.378 e. The zero-order valence-corrected chi connectivity index (χ0v) is 12.3. The predicted octanol–water partition coefficient (Wildman–Crippen LogP) is 2.29. The number of halogens is 1. The maximum atomic E-state index is 6.11. The number of morpholine rings is 1. The zero-order valence-electron chi connectivity index (χ0n) is 11.5. The Labute approximate surface area is 127 Å². The highest BCUT2D eigenvalue weighted by atomic mass is 35.5. The Hall–Kier alpha value is -1.85. The van der Waals surface area contributed by atoms with Crippen LogP contribution in [0.1, 0.15) is 5.82 Å². The molecule has 0 N–H and O–H groups in total. The fraction of sp³-hybridized carbons (Fsp3) is 0.333.